The maximum atomic E-state index is 12.9. The number of amides is 2. The zero-order valence-electron chi connectivity index (χ0n) is 13.4. The Labute approximate surface area is 155 Å². The van der Waals surface area contributed by atoms with E-state index in [9.17, 15) is 31.9 Å². The van der Waals surface area contributed by atoms with Gasteiger partial charge >= 0.3 is 12.2 Å². The van der Waals surface area contributed by atoms with Crippen LogP contribution in [0, 0.1) is 5.92 Å². The molecule has 1 aromatic rings. The van der Waals surface area contributed by atoms with Gasteiger partial charge in [0.05, 0.1) is 15.7 Å². The van der Waals surface area contributed by atoms with Gasteiger partial charge in [-0.25, -0.2) is 13.6 Å². The highest BCUT2D eigenvalue weighted by Gasteiger charge is 2.51. The van der Waals surface area contributed by atoms with Gasteiger partial charge in [-0.05, 0) is 30.5 Å². The Balaban J connectivity index is 2.05. The highest BCUT2D eigenvalue weighted by atomic mass is 35.5. The molecule has 0 heterocycles. The molecule has 1 aliphatic carbocycles. The molecule has 2 rings (SSSR count). The van der Waals surface area contributed by atoms with Crippen LogP contribution in [0.15, 0.2) is 12.1 Å². The first kappa shape index (κ1) is 21.0. The summed E-state index contributed by atoms with van der Waals surface area (Å²) in [5, 5.41) is 13.6. The Kier molecular flexibility index (Phi) is 5.66. The number of rotatable bonds is 4. The minimum atomic E-state index is -4.96. The van der Waals surface area contributed by atoms with Crippen LogP contribution in [0.25, 0.3) is 0 Å². The van der Waals surface area contributed by atoms with Crippen LogP contribution in [0.2, 0.25) is 10.0 Å². The zero-order valence-corrected chi connectivity index (χ0v) is 14.9. The highest BCUT2D eigenvalue weighted by Crippen LogP contribution is 2.43. The van der Waals surface area contributed by atoms with E-state index in [0.29, 0.717) is 6.92 Å². The van der Waals surface area contributed by atoms with Crippen molar-refractivity contribution in [2.75, 3.05) is 11.9 Å². The molecule has 4 nitrogen and oxygen atoms in total. The van der Waals surface area contributed by atoms with Gasteiger partial charge in [0.1, 0.15) is 0 Å². The Morgan fingerprint density at radius 1 is 1.27 bits per heavy atom. The molecule has 0 bridgehead atoms. The molecule has 1 fully saturated rings. The van der Waals surface area contributed by atoms with Crippen molar-refractivity contribution in [2.45, 2.75) is 37.5 Å². The predicted molar refractivity (Wildman–Crippen MR) is 86.8 cm³/mol. The molecular weight excluding hydrogens is 406 g/mol. The minimum absolute atomic E-state index is 0.0114. The van der Waals surface area contributed by atoms with Crippen LogP contribution in [0.1, 0.15) is 25.3 Å². The Bertz CT molecular complexity index is 679. The van der Waals surface area contributed by atoms with Crippen LogP contribution >= 0.6 is 23.2 Å². The van der Waals surface area contributed by atoms with E-state index in [1.54, 1.807) is 0 Å². The van der Waals surface area contributed by atoms with Crippen molar-refractivity contribution in [3.05, 3.63) is 27.7 Å². The van der Waals surface area contributed by atoms with E-state index in [0.717, 1.165) is 12.1 Å². The summed E-state index contributed by atoms with van der Waals surface area (Å²) < 4.78 is 64.1. The van der Waals surface area contributed by atoms with Crippen molar-refractivity contribution in [3.8, 4) is 0 Å². The van der Waals surface area contributed by atoms with E-state index >= 15 is 0 Å². The summed E-state index contributed by atoms with van der Waals surface area (Å²) >= 11 is 11.7. The van der Waals surface area contributed by atoms with Crippen LogP contribution in [0.3, 0.4) is 0 Å². The fourth-order valence-electron chi connectivity index (χ4n) is 2.46. The van der Waals surface area contributed by atoms with Gasteiger partial charge in [-0.3, -0.25) is 0 Å². The highest BCUT2D eigenvalue weighted by molar-refractivity contribution is 6.39. The summed E-state index contributed by atoms with van der Waals surface area (Å²) in [6.07, 6.45) is -5.61. The maximum absolute atomic E-state index is 12.9. The standard InChI is InChI=1S/C15H15Cl2F5N2O2/c1-13(26,15(20,21)22)8-2-9(16)11(10(17)3-8)24-12(25)23-6-7-4-14(18,19)5-7/h2-3,7,26H,4-6H2,1H3,(H2,23,24,25). The van der Waals surface area contributed by atoms with Crippen LogP contribution in [0.4, 0.5) is 32.4 Å². The van der Waals surface area contributed by atoms with Crippen LogP contribution in [-0.4, -0.2) is 29.8 Å². The van der Waals surface area contributed by atoms with Crippen molar-refractivity contribution in [2.24, 2.45) is 5.92 Å². The van der Waals surface area contributed by atoms with Gasteiger partial charge in [-0.2, -0.15) is 13.2 Å². The van der Waals surface area contributed by atoms with Crippen molar-refractivity contribution in [3.63, 3.8) is 0 Å². The second kappa shape index (κ2) is 7.01. The van der Waals surface area contributed by atoms with Gasteiger partial charge in [0.25, 0.3) is 0 Å². The summed E-state index contributed by atoms with van der Waals surface area (Å²) in [7, 11) is 0. The number of alkyl halides is 5. The SMILES string of the molecule is CC(O)(c1cc(Cl)c(NC(=O)NCC2CC(F)(F)C2)c(Cl)c1)C(F)(F)F. The molecule has 1 aliphatic rings. The average molecular weight is 421 g/mol. The Morgan fingerprint density at radius 3 is 2.19 bits per heavy atom. The lowest BCUT2D eigenvalue weighted by atomic mass is 9.81. The molecule has 1 unspecified atom stereocenters. The molecular formula is C15H15Cl2F5N2O2. The monoisotopic (exact) mass is 420 g/mol. The molecule has 1 atom stereocenters. The molecule has 3 N–H and O–H groups in total. The van der Waals surface area contributed by atoms with Gasteiger partial charge in [-0.15, -0.1) is 0 Å². The molecule has 1 aromatic carbocycles. The van der Waals surface area contributed by atoms with Gasteiger partial charge in [0, 0.05) is 19.4 Å². The number of aliphatic hydroxyl groups is 1. The topological polar surface area (TPSA) is 61.4 Å². The second-order valence-corrected chi connectivity index (χ2v) is 7.16. The van der Waals surface area contributed by atoms with Gasteiger partial charge in [0.15, 0.2) is 5.60 Å². The fourth-order valence-corrected chi connectivity index (χ4v) is 3.04. The number of benzene rings is 1. The lowest BCUT2D eigenvalue weighted by molar-refractivity contribution is -0.258. The fraction of sp³-hybridized carbons (Fsp3) is 0.533. The number of anilines is 1. The first-order valence-electron chi connectivity index (χ1n) is 7.44. The van der Waals surface area contributed by atoms with E-state index in [4.69, 9.17) is 23.2 Å². The summed E-state index contributed by atoms with van der Waals surface area (Å²) in [5.74, 6) is -3.06. The van der Waals surface area contributed by atoms with E-state index in [1.807, 2.05) is 0 Å². The number of carbonyl (C=O) groups is 1. The van der Waals surface area contributed by atoms with Crippen molar-refractivity contribution in [1.82, 2.24) is 5.32 Å². The molecule has 0 radical (unpaired) electrons. The summed E-state index contributed by atoms with van der Waals surface area (Å²) in [6.45, 7) is 0.556. The van der Waals surface area contributed by atoms with Gasteiger partial charge in [-0.1, -0.05) is 23.2 Å². The van der Waals surface area contributed by atoms with E-state index in [2.05, 4.69) is 10.6 Å². The number of hydrogen-bond donors (Lipinski definition) is 3. The Hall–Kier alpha value is -1.32. The van der Waals surface area contributed by atoms with Crippen molar-refractivity contribution >= 4 is 34.9 Å². The zero-order chi connectivity index (χ0) is 19.9. The molecule has 11 heteroatoms. The summed E-state index contributed by atoms with van der Waals surface area (Å²) in [5.41, 5.74) is -3.94. The molecule has 146 valence electrons. The number of hydrogen-bond acceptors (Lipinski definition) is 2. The van der Waals surface area contributed by atoms with E-state index < -0.39 is 29.3 Å². The average Bonchev–Trinajstić information content (AvgIpc) is 2.45. The van der Waals surface area contributed by atoms with E-state index in [-0.39, 0.29) is 41.0 Å². The first-order valence-corrected chi connectivity index (χ1v) is 8.20. The Morgan fingerprint density at radius 2 is 1.77 bits per heavy atom. The van der Waals surface area contributed by atoms with E-state index in [1.165, 1.54) is 0 Å². The molecule has 0 aliphatic heterocycles. The number of nitrogens with one attached hydrogen (secondary N) is 2. The maximum Gasteiger partial charge on any atom is 0.421 e. The molecule has 2 amide bonds. The lowest BCUT2D eigenvalue weighted by Crippen LogP contribution is -2.43. The van der Waals surface area contributed by atoms with Gasteiger partial charge < -0.3 is 15.7 Å². The van der Waals surface area contributed by atoms with Crippen LogP contribution < -0.4 is 10.6 Å². The molecule has 1 saturated carbocycles. The normalized spacial score (nSPS) is 19.4. The molecule has 0 saturated heterocycles. The van der Waals surface area contributed by atoms with Crippen LogP contribution in [0.5, 0.6) is 0 Å². The molecule has 0 spiro atoms. The first-order chi connectivity index (χ1) is 11.7. The number of urea groups is 1. The minimum Gasteiger partial charge on any atom is -0.376 e. The largest absolute Gasteiger partial charge is 0.421 e. The van der Waals surface area contributed by atoms with Crippen LogP contribution in [-0.2, 0) is 5.60 Å². The number of carbonyl (C=O) groups excluding carboxylic acids is 1. The van der Waals surface area contributed by atoms with Crippen molar-refractivity contribution in [1.29, 1.82) is 0 Å². The second-order valence-electron chi connectivity index (χ2n) is 6.35. The third-order valence-corrected chi connectivity index (χ3v) is 4.72. The smallest absolute Gasteiger partial charge is 0.376 e. The summed E-state index contributed by atoms with van der Waals surface area (Å²) in [4.78, 5) is 11.8. The quantitative estimate of drug-likeness (QED) is 0.604. The molecule has 26 heavy (non-hydrogen) atoms. The number of halogens is 7. The molecule has 0 aromatic heterocycles. The summed E-state index contributed by atoms with van der Waals surface area (Å²) in [6, 6.07) is 0.880. The third-order valence-electron chi connectivity index (χ3n) is 4.12. The lowest BCUT2D eigenvalue weighted by Gasteiger charge is -2.34. The predicted octanol–water partition coefficient (Wildman–Crippen LogP) is 4.93. The third kappa shape index (κ3) is 4.50. The van der Waals surface area contributed by atoms with Gasteiger partial charge in [0.2, 0.25) is 5.92 Å². The van der Waals surface area contributed by atoms with Crippen molar-refractivity contribution < 1.29 is 31.9 Å².